The van der Waals surface area contributed by atoms with Crippen molar-refractivity contribution in [3.05, 3.63) is 12.2 Å². The summed E-state index contributed by atoms with van der Waals surface area (Å²) >= 11 is 0. The van der Waals surface area contributed by atoms with Crippen molar-refractivity contribution < 1.29 is 0 Å². The number of rotatable bonds is 4. The Hall–Kier alpha value is -0.260. The summed E-state index contributed by atoms with van der Waals surface area (Å²) < 4.78 is 0. The molecule has 0 spiro atoms. The highest BCUT2D eigenvalue weighted by Gasteiger charge is 2.32. The van der Waals surface area contributed by atoms with Crippen LogP contribution < -0.4 is 0 Å². The van der Waals surface area contributed by atoms with Gasteiger partial charge in [-0.3, -0.25) is 0 Å². The van der Waals surface area contributed by atoms with Crippen LogP contribution in [0.3, 0.4) is 0 Å². The lowest BCUT2D eigenvalue weighted by atomic mass is 10.2. The summed E-state index contributed by atoms with van der Waals surface area (Å²) in [5.74, 6) is 2.23. The largest absolute Gasteiger partial charge is 0.0888 e. The molecule has 0 heterocycles. The maximum absolute atomic E-state index is 2.29. The van der Waals surface area contributed by atoms with Gasteiger partial charge in [0.25, 0.3) is 0 Å². The van der Waals surface area contributed by atoms with E-state index in [4.69, 9.17) is 0 Å². The summed E-state index contributed by atoms with van der Waals surface area (Å²) in [6.07, 6.45) is 12.3. The average Bonchev–Trinajstić information content (AvgIpc) is 3.07. The molecule has 1 aliphatic carbocycles. The SMILES string of the molecule is CCC.CCC1CC1CC.CCC=CCC. The first-order chi connectivity index (χ1) is 7.71. The molecule has 0 N–H and O–H groups in total. The van der Waals surface area contributed by atoms with E-state index in [9.17, 15) is 0 Å². The highest BCUT2D eigenvalue weighted by molar-refractivity contribution is 4.83. The fraction of sp³-hybridized carbons (Fsp3) is 0.875. The summed E-state index contributed by atoms with van der Waals surface area (Å²) in [4.78, 5) is 0. The second-order valence-electron chi connectivity index (χ2n) is 4.57. The molecule has 0 amide bonds. The Morgan fingerprint density at radius 3 is 1.19 bits per heavy atom. The van der Waals surface area contributed by atoms with Crippen LogP contribution >= 0.6 is 0 Å². The van der Waals surface area contributed by atoms with E-state index in [1.54, 1.807) is 0 Å². The molecule has 0 heteroatoms. The van der Waals surface area contributed by atoms with Gasteiger partial charge in [0.1, 0.15) is 0 Å². The van der Waals surface area contributed by atoms with E-state index in [1.807, 2.05) is 0 Å². The first kappa shape index (κ1) is 18.1. The maximum atomic E-state index is 2.29. The first-order valence-corrected chi connectivity index (χ1v) is 7.36. The van der Waals surface area contributed by atoms with E-state index >= 15 is 0 Å². The van der Waals surface area contributed by atoms with Gasteiger partial charge in [-0.2, -0.15) is 0 Å². The van der Waals surface area contributed by atoms with Crippen LogP contribution in [-0.2, 0) is 0 Å². The molecule has 0 aromatic rings. The molecule has 0 radical (unpaired) electrons. The Labute approximate surface area is 105 Å². The van der Waals surface area contributed by atoms with E-state index in [0.717, 1.165) is 11.8 Å². The van der Waals surface area contributed by atoms with E-state index in [0.29, 0.717) is 0 Å². The molecule has 0 aromatic heterocycles. The quantitative estimate of drug-likeness (QED) is 0.499. The van der Waals surface area contributed by atoms with Crippen molar-refractivity contribution in [1.82, 2.24) is 0 Å². The Bertz CT molecular complexity index is 121. The van der Waals surface area contributed by atoms with Crippen molar-refractivity contribution in [3.63, 3.8) is 0 Å². The van der Waals surface area contributed by atoms with E-state index in [2.05, 4.69) is 53.7 Å². The summed E-state index contributed by atoms with van der Waals surface area (Å²) in [6.45, 7) is 13.1. The normalized spacial score (nSPS) is 21.9. The van der Waals surface area contributed by atoms with Gasteiger partial charge in [-0.15, -0.1) is 0 Å². The Kier molecular flexibility index (Phi) is 16.7. The molecule has 0 nitrogen and oxygen atoms in total. The van der Waals surface area contributed by atoms with Crippen LogP contribution in [0.4, 0.5) is 0 Å². The molecule has 1 aliphatic rings. The zero-order valence-corrected chi connectivity index (χ0v) is 12.6. The minimum Gasteiger partial charge on any atom is -0.0888 e. The Morgan fingerprint density at radius 1 is 0.750 bits per heavy atom. The average molecular weight is 226 g/mol. The van der Waals surface area contributed by atoms with E-state index in [1.165, 1.54) is 38.5 Å². The standard InChI is InChI=1S/C7H14.C6H12.C3H8/c1-3-6-5-7(6)4-2;1-3-5-6-4-2;1-3-2/h6-7H,3-5H2,1-2H3;5-6H,3-4H2,1-2H3;3H2,1-2H3. The van der Waals surface area contributed by atoms with Crippen LogP contribution in [-0.4, -0.2) is 0 Å². The zero-order valence-electron chi connectivity index (χ0n) is 12.6. The third-order valence-corrected chi connectivity index (χ3v) is 2.76. The van der Waals surface area contributed by atoms with Crippen molar-refractivity contribution >= 4 is 0 Å². The lowest BCUT2D eigenvalue weighted by Crippen LogP contribution is -1.74. The van der Waals surface area contributed by atoms with Crippen molar-refractivity contribution in [1.29, 1.82) is 0 Å². The van der Waals surface area contributed by atoms with Gasteiger partial charge < -0.3 is 0 Å². The van der Waals surface area contributed by atoms with Crippen molar-refractivity contribution in [2.45, 2.75) is 80.1 Å². The number of allylic oxidation sites excluding steroid dienone is 2. The molecule has 2 unspecified atom stereocenters. The fourth-order valence-corrected chi connectivity index (χ4v) is 1.64. The van der Waals surface area contributed by atoms with Gasteiger partial charge in [-0.25, -0.2) is 0 Å². The molecule has 1 fully saturated rings. The zero-order chi connectivity index (χ0) is 12.8. The molecule has 1 saturated carbocycles. The monoisotopic (exact) mass is 226 g/mol. The van der Waals surface area contributed by atoms with Crippen LogP contribution in [0.1, 0.15) is 80.1 Å². The van der Waals surface area contributed by atoms with Gasteiger partial charge in [-0.05, 0) is 31.1 Å². The molecule has 98 valence electrons. The summed E-state index contributed by atoms with van der Waals surface area (Å²) in [6, 6.07) is 0. The van der Waals surface area contributed by atoms with Crippen LogP contribution in [0.15, 0.2) is 12.2 Å². The van der Waals surface area contributed by atoms with Gasteiger partial charge in [0.2, 0.25) is 0 Å². The molecular weight excluding hydrogens is 192 g/mol. The smallest absolute Gasteiger partial charge is 0.0379 e. The predicted molar refractivity (Wildman–Crippen MR) is 77.9 cm³/mol. The van der Waals surface area contributed by atoms with Crippen molar-refractivity contribution in [3.8, 4) is 0 Å². The molecule has 0 aromatic carbocycles. The fourth-order valence-electron chi connectivity index (χ4n) is 1.64. The number of hydrogen-bond donors (Lipinski definition) is 0. The van der Waals surface area contributed by atoms with Crippen LogP contribution in [0, 0.1) is 11.8 Å². The third kappa shape index (κ3) is 13.7. The van der Waals surface area contributed by atoms with Crippen molar-refractivity contribution in [2.24, 2.45) is 11.8 Å². The Balaban J connectivity index is 0. The van der Waals surface area contributed by atoms with Gasteiger partial charge in [0, 0.05) is 0 Å². The third-order valence-electron chi connectivity index (χ3n) is 2.76. The van der Waals surface area contributed by atoms with E-state index in [-0.39, 0.29) is 0 Å². The summed E-state index contributed by atoms with van der Waals surface area (Å²) in [5, 5.41) is 0. The predicted octanol–water partition coefficient (Wildman–Crippen LogP) is 6.22. The first-order valence-electron chi connectivity index (χ1n) is 7.36. The van der Waals surface area contributed by atoms with Crippen LogP contribution in [0.25, 0.3) is 0 Å². The van der Waals surface area contributed by atoms with E-state index < -0.39 is 0 Å². The van der Waals surface area contributed by atoms with Crippen LogP contribution in [0.2, 0.25) is 0 Å². The molecule has 0 aliphatic heterocycles. The van der Waals surface area contributed by atoms with Gasteiger partial charge in [-0.1, -0.05) is 73.0 Å². The molecular formula is C16H34. The minimum atomic E-state index is 1.12. The highest BCUT2D eigenvalue weighted by Crippen LogP contribution is 2.42. The lowest BCUT2D eigenvalue weighted by molar-refractivity contribution is 0.663. The summed E-state index contributed by atoms with van der Waals surface area (Å²) in [7, 11) is 0. The minimum absolute atomic E-state index is 1.12. The second kappa shape index (κ2) is 14.7. The van der Waals surface area contributed by atoms with Crippen LogP contribution in [0.5, 0.6) is 0 Å². The highest BCUT2D eigenvalue weighted by atomic mass is 14.4. The van der Waals surface area contributed by atoms with Gasteiger partial charge in [0.05, 0.1) is 0 Å². The molecule has 0 saturated heterocycles. The molecule has 1 rings (SSSR count). The van der Waals surface area contributed by atoms with Gasteiger partial charge >= 0.3 is 0 Å². The maximum Gasteiger partial charge on any atom is -0.0379 e. The lowest BCUT2D eigenvalue weighted by Gasteiger charge is -1.85. The molecule has 2 atom stereocenters. The second-order valence-corrected chi connectivity index (χ2v) is 4.57. The van der Waals surface area contributed by atoms with Gasteiger partial charge in [0.15, 0.2) is 0 Å². The summed E-state index contributed by atoms with van der Waals surface area (Å²) in [5.41, 5.74) is 0. The molecule has 0 bridgehead atoms. The topological polar surface area (TPSA) is 0 Å². The molecule has 16 heavy (non-hydrogen) atoms. The van der Waals surface area contributed by atoms with Crippen molar-refractivity contribution in [2.75, 3.05) is 0 Å². The number of hydrogen-bond acceptors (Lipinski definition) is 0. The Morgan fingerprint density at radius 2 is 1.06 bits per heavy atom.